The first-order valence-corrected chi connectivity index (χ1v) is 10.5. The van der Waals surface area contributed by atoms with Crippen molar-refractivity contribution in [2.75, 3.05) is 20.3 Å². The number of rotatable bonds is 7. The molecule has 2 aromatic rings. The molecule has 0 fully saturated rings. The number of amides is 1. The van der Waals surface area contributed by atoms with Gasteiger partial charge in [-0.3, -0.25) is 4.79 Å². The fourth-order valence-electron chi connectivity index (χ4n) is 2.52. The molecular formula is C21H29ClN2O3S. The van der Waals surface area contributed by atoms with Crippen molar-refractivity contribution in [3.8, 4) is 5.75 Å². The summed E-state index contributed by atoms with van der Waals surface area (Å²) in [5.74, 6) is 0.531. The minimum absolute atomic E-state index is 0.00923. The quantitative estimate of drug-likeness (QED) is 0.592. The first-order valence-electron chi connectivity index (χ1n) is 9.33. The van der Waals surface area contributed by atoms with E-state index in [0.29, 0.717) is 40.3 Å². The van der Waals surface area contributed by atoms with E-state index >= 15 is 0 Å². The smallest absolute Gasteiger partial charge is 0.283 e. The van der Waals surface area contributed by atoms with Crippen LogP contribution in [0, 0.1) is 5.92 Å². The van der Waals surface area contributed by atoms with Crippen LogP contribution in [0.25, 0.3) is 0 Å². The minimum atomic E-state index is -0.366. The molecule has 1 amide bonds. The standard InChI is InChI=1S/C21H29ClN2O3S/c1-14(2)12-24-13-18(21(3,4)5)28-20(24)23-19(25)16-11-15(22)7-8-17(16)27-10-9-26-6/h7-8,11,13-14H,9-10,12H2,1-6H3/b23-20-. The lowest BCUT2D eigenvalue weighted by atomic mass is 9.95. The molecule has 0 N–H and O–H groups in total. The van der Waals surface area contributed by atoms with Crippen LogP contribution in [0.1, 0.15) is 49.9 Å². The average molecular weight is 425 g/mol. The minimum Gasteiger partial charge on any atom is -0.490 e. The first-order chi connectivity index (χ1) is 13.1. The van der Waals surface area contributed by atoms with Crippen LogP contribution in [0.15, 0.2) is 29.4 Å². The number of nitrogens with zero attached hydrogens (tertiary/aromatic N) is 2. The Morgan fingerprint density at radius 1 is 1.29 bits per heavy atom. The molecule has 1 aromatic carbocycles. The van der Waals surface area contributed by atoms with E-state index < -0.39 is 0 Å². The van der Waals surface area contributed by atoms with Gasteiger partial charge in [0.05, 0.1) is 12.2 Å². The maximum absolute atomic E-state index is 13.0. The van der Waals surface area contributed by atoms with Crippen molar-refractivity contribution in [1.29, 1.82) is 0 Å². The van der Waals surface area contributed by atoms with E-state index in [9.17, 15) is 4.79 Å². The molecule has 0 spiro atoms. The fourth-order valence-corrected chi connectivity index (χ4v) is 3.74. The molecule has 0 saturated carbocycles. The van der Waals surface area contributed by atoms with Crippen LogP contribution in [0.4, 0.5) is 0 Å². The normalized spacial score (nSPS) is 12.6. The van der Waals surface area contributed by atoms with E-state index in [1.807, 2.05) is 0 Å². The SMILES string of the molecule is COCCOc1ccc(Cl)cc1C(=O)/N=c1\sc(C(C)(C)C)cn1CC(C)C. The van der Waals surface area contributed by atoms with E-state index in [2.05, 4.69) is 50.4 Å². The summed E-state index contributed by atoms with van der Waals surface area (Å²) < 4.78 is 12.7. The van der Waals surface area contributed by atoms with E-state index in [1.165, 1.54) is 4.88 Å². The lowest BCUT2D eigenvalue weighted by Crippen LogP contribution is -2.19. The van der Waals surface area contributed by atoms with E-state index in [0.717, 1.165) is 6.54 Å². The predicted octanol–water partition coefficient (Wildman–Crippen LogP) is 4.92. The Morgan fingerprint density at radius 2 is 2.00 bits per heavy atom. The van der Waals surface area contributed by atoms with Crippen LogP contribution in [0.3, 0.4) is 0 Å². The third kappa shape index (κ3) is 6.19. The summed E-state index contributed by atoms with van der Waals surface area (Å²) in [4.78, 5) is 19.3. The van der Waals surface area contributed by atoms with E-state index in [1.54, 1.807) is 36.6 Å². The van der Waals surface area contributed by atoms with Crippen LogP contribution in [-0.4, -0.2) is 30.8 Å². The number of methoxy groups -OCH3 is 1. The van der Waals surface area contributed by atoms with Crippen molar-refractivity contribution in [1.82, 2.24) is 4.57 Å². The van der Waals surface area contributed by atoms with Crippen molar-refractivity contribution in [2.45, 2.75) is 46.6 Å². The Kier molecular flexibility index (Phi) is 7.87. The van der Waals surface area contributed by atoms with Gasteiger partial charge >= 0.3 is 0 Å². The number of carbonyl (C=O) groups excluding carboxylic acids is 1. The van der Waals surface area contributed by atoms with Crippen LogP contribution < -0.4 is 9.54 Å². The molecule has 2 rings (SSSR count). The van der Waals surface area contributed by atoms with E-state index in [4.69, 9.17) is 21.1 Å². The zero-order chi connectivity index (χ0) is 20.9. The molecule has 7 heteroatoms. The van der Waals surface area contributed by atoms with Crippen molar-refractivity contribution < 1.29 is 14.3 Å². The summed E-state index contributed by atoms with van der Waals surface area (Å²) >= 11 is 7.66. The Hall–Kier alpha value is -1.63. The molecule has 0 radical (unpaired) electrons. The Labute approximate surface area is 176 Å². The van der Waals surface area contributed by atoms with Crippen molar-refractivity contribution in [2.24, 2.45) is 10.9 Å². The highest BCUT2D eigenvalue weighted by molar-refractivity contribution is 7.09. The summed E-state index contributed by atoms with van der Waals surface area (Å²) in [6, 6.07) is 4.99. The van der Waals surface area contributed by atoms with Crippen LogP contribution in [-0.2, 0) is 16.7 Å². The van der Waals surface area contributed by atoms with Gasteiger partial charge in [0.1, 0.15) is 12.4 Å². The van der Waals surface area contributed by atoms with Gasteiger partial charge in [-0.1, -0.05) is 46.2 Å². The topological polar surface area (TPSA) is 52.8 Å². The molecule has 1 heterocycles. The molecule has 5 nitrogen and oxygen atoms in total. The zero-order valence-corrected chi connectivity index (χ0v) is 19.0. The monoisotopic (exact) mass is 424 g/mol. The number of benzene rings is 1. The Bertz CT molecular complexity index is 879. The molecule has 0 atom stereocenters. The Morgan fingerprint density at radius 3 is 2.61 bits per heavy atom. The maximum Gasteiger partial charge on any atom is 0.283 e. The van der Waals surface area contributed by atoms with Gasteiger partial charge < -0.3 is 14.0 Å². The first kappa shape index (κ1) is 22.7. The van der Waals surface area contributed by atoms with Gasteiger partial charge in [-0.05, 0) is 29.5 Å². The molecule has 0 unspecified atom stereocenters. The summed E-state index contributed by atoms with van der Waals surface area (Å²) in [5, 5.41) is 0.467. The summed E-state index contributed by atoms with van der Waals surface area (Å²) in [5.41, 5.74) is 0.343. The van der Waals surface area contributed by atoms with Gasteiger partial charge in [0.2, 0.25) is 0 Å². The van der Waals surface area contributed by atoms with Gasteiger partial charge in [-0.25, -0.2) is 0 Å². The molecule has 0 bridgehead atoms. The number of aromatic nitrogens is 1. The molecule has 28 heavy (non-hydrogen) atoms. The fraction of sp³-hybridized carbons (Fsp3) is 0.524. The molecule has 154 valence electrons. The third-order valence-corrected chi connectivity index (χ3v) is 5.62. The number of hydrogen-bond acceptors (Lipinski definition) is 4. The van der Waals surface area contributed by atoms with Crippen molar-refractivity contribution >= 4 is 28.8 Å². The lowest BCUT2D eigenvalue weighted by molar-refractivity contribution is 0.0989. The van der Waals surface area contributed by atoms with Gasteiger partial charge in [-0.2, -0.15) is 4.99 Å². The number of halogens is 1. The average Bonchev–Trinajstić information content (AvgIpc) is 2.98. The van der Waals surface area contributed by atoms with Gasteiger partial charge in [0, 0.05) is 29.8 Å². The Balaban J connectivity index is 2.46. The summed E-state index contributed by atoms with van der Waals surface area (Å²) in [7, 11) is 1.60. The van der Waals surface area contributed by atoms with Gasteiger partial charge in [-0.15, -0.1) is 11.3 Å². The van der Waals surface area contributed by atoms with Crippen LogP contribution >= 0.6 is 22.9 Å². The second-order valence-electron chi connectivity index (χ2n) is 8.07. The number of carbonyl (C=O) groups is 1. The highest BCUT2D eigenvalue weighted by atomic mass is 35.5. The summed E-state index contributed by atoms with van der Waals surface area (Å²) in [6.07, 6.45) is 2.10. The van der Waals surface area contributed by atoms with Crippen LogP contribution in [0.5, 0.6) is 5.75 Å². The van der Waals surface area contributed by atoms with Crippen molar-refractivity contribution in [3.05, 3.63) is 44.7 Å². The maximum atomic E-state index is 13.0. The number of ether oxygens (including phenoxy) is 2. The molecule has 0 saturated heterocycles. The summed E-state index contributed by atoms with van der Waals surface area (Å²) in [6.45, 7) is 12.3. The molecular weight excluding hydrogens is 396 g/mol. The van der Waals surface area contributed by atoms with Crippen molar-refractivity contribution in [3.63, 3.8) is 0 Å². The molecule has 1 aromatic heterocycles. The third-order valence-electron chi connectivity index (χ3n) is 3.94. The van der Waals surface area contributed by atoms with Gasteiger partial charge in [0.25, 0.3) is 5.91 Å². The highest BCUT2D eigenvalue weighted by Gasteiger charge is 2.19. The predicted molar refractivity (Wildman–Crippen MR) is 115 cm³/mol. The molecule has 0 aliphatic rings. The van der Waals surface area contributed by atoms with Gasteiger partial charge in [0.15, 0.2) is 4.80 Å². The second kappa shape index (κ2) is 9.72. The van der Waals surface area contributed by atoms with Crippen LogP contribution in [0.2, 0.25) is 5.02 Å². The zero-order valence-electron chi connectivity index (χ0n) is 17.4. The number of hydrogen-bond donors (Lipinski definition) is 0. The highest BCUT2D eigenvalue weighted by Crippen LogP contribution is 2.26. The van der Waals surface area contributed by atoms with E-state index in [-0.39, 0.29) is 11.3 Å². The molecule has 0 aliphatic heterocycles. The lowest BCUT2D eigenvalue weighted by Gasteiger charge is -2.14. The molecule has 0 aliphatic carbocycles. The number of thiazole rings is 1. The second-order valence-corrected chi connectivity index (χ2v) is 9.52. The largest absolute Gasteiger partial charge is 0.490 e.